The van der Waals surface area contributed by atoms with Crippen molar-refractivity contribution in [2.75, 3.05) is 13.2 Å². The number of aliphatic hydroxyl groups is 2. The second-order valence-electron chi connectivity index (χ2n) is 9.64. The topological polar surface area (TPSA) is 120 Å². The molecule has 1 amide bonds. The Kier molecular flexibility index (Phi) is 10.9. The Morgan fingerprint density at radius 1 is 1.16 bits per heavy atom. The largest absolute Gasteiger partial charge is 0.490 e. The molecule has 0 spiro atoms. The van der Waals surface area contributed by atoms with Gasteiger partial charge in [-0.15, -0.1) is 0 Å². The van der Waals surface area contributed by atoms with E-state index >= 15 is 0 Å². The first-order chi connectivity index (χ1) is 18.4. The first-order valence-electron chi connectivity index (χ1n) is 13.3. The maximum atomic E-state index is 13.0. The smallest absolute Gasteiger partial charge is 0.251 e. The third-order valence-electron chi connectivity index (χ3n) is 6.22. The van der Waals surface area contributed by atoms with Gasteiger partial charge in [0.05, 0.1) is 24.0 Å². The highest BCUT2D eigenvalue weighted by Crippen LogP contribution is 2.23. The molecule has 1 unspecified atom stereocenters. The predicted octanol–water partition coefficient (Wildman–Crippen LogP) is 4.27. The SMILES string of the molecule is CCCCc1nc(-c2ccc(CC(CCO)NC(=O)c3ccc(OC(C)C)c(C#N)c3)cc2)cn1CCO. The molecule has 0 aliphatic carbocycles. The second-order valence-corrected chi connectivity index (χ2v) is 9.64. The van der Waals surface area contributed by atoms with E-state index in [1.165, 1.54) is 6.07 Å². The van der Waals surface area contributed by atoms with E-state index in [4.69, 9.17) is 9.72 Å². The van der Waals surface area contributed by atoms with Gasteiger partial charge in [0.2, 0.25) is 0 Å². The molecule has 1 aromatic heterocycles. The average molecular weight is 519 g/mol. The molecule has 202 valence electrons. The average Bonchev–Trinajstić information content (AvgIpc) is 3.30. The number of aromatic nitrogens is 2. The van der Waals surface area contributed by atoms with E-state index in [9.17, 15) is 20.3 Å². The number of aliphatic hydroxyl groups excluding tert-OH is 2. The Morgan fingerprint density at radius 2 is 1.92 bits per heavy atom. The van der Waals surface area contributed by atoms with Crippen molar-refractivity contribution in [2.45, 2.75) is 71.6 Å². The summed E-state index contributed by atoms with van der Waals surface area (Å²) in [5, 5.41) is 31.5. The Morgan fingerprint density at radius 3 is 2.55 bits per heavy atom. The number of nitriles is 1. The van der Waals surface area contributed by atoms with Crippen LogP contribution in [0.5, 0.6) is 5.75 Å². The van der Waals surface area contributed by atoms with Gasteiger partial charge < -0.3 is 24.8 Å². The molecule has 0 fully saturated rings. The molecule has 3 aromatic rings. The van der Waals surface area contributed by atoms with Crippen LogP contribution in [0, 0.1) is 11.3 Å². The number of hydrogen-bond acceptors (Lipinski definition) is 6. The zero-order chi connectivity index (χ0) is 27.5. The van der Waals surface area contributed by atoms with Crippen LogP contribution in [0.25, 0.3) is 11.3 Å². The number of nitrogens with zero attached hydrogens (tertiary/aromatic N) is 3. The Balaban J connectivity index is 1.70. The van der Waals surface area contributed by atoms with Gasteiger partial charge in [-0.2, -0.15) is 5.26 Å². The van der Waals surface area contributed by atoms with Gasteiger partial charge in [0.25, 0.3) is 5.91 Å². The van der Waals surface area contributed by atoms with E-state index in [1.54, 1.807) is 12.1 Å². The number of imidazole rings is 1. The summed E-state index contributed by atoms with van der Waals surface area (Å²) >= 11 is 0. The minimum atomic E-state index is -0.304. The third kappa shape index (κ3) is 7.91. The maximum absolute atomic E-state index is 13.0. The van der Waals surface area contributed by atoms with Crippen LogP contribution in [0.1, 0.15) is 67.3 Å². The lowest BCUT2D eigenvalue weighted by atomic mass is 10.0. The van der Waals surface area contributed by atoms with Crippen molar-refractivity contribution in [1.29, 1.82) is 5.26 Å². The first kappa shape index (κ1) is 28.9. The van der Waals surface area contributed by atoms with Crippen molar-refractivity contribution in [3.05, 3.63) is 71.2 Å². The summed E-state index contributed by atoms with van der Waals surface area (Å²) in [7, 11) is 0. The molecule has 3 rings (SSSR count). The highest BCUT2D eigenvalue weighted by molar-refractivity contribution is 5.95. The number of benzene rings is 2. The highest BCUT2D eigenvalue weighted by atomic mass is 16.5. The standard InChI is InChI=1S/C30H38N4O4/c1-4-5-6-29-33-27(20-34(29)14-16-36)23-9-7-22(8-10-23)17-26(13-15-35)32-30(37)24-11-12-28(38-21(2)3)25(18-24)19-31/h7-12,18,20-21,26,35-36H,4-6,13-17H2,1-3H3,(H,32,37). The minimum Gasteiger partial charge on any atom is -0.490 e. The Bertz CT molecular complexity index is 1230. The molecular formula is C30H38N4O4. The third-order valence-corrected chi connectivity index (χ3v) is 6.22. The summed E-state index contributed by atoms with van der Waals surface area (Å²) in [5.41, 5.74) is 3.55. The van der Waals surface area contributed by atoms with Crippen molar-refractivity contribution in [3.8, 4) is 23.1 Å². The molecule has 38 heavy (non-hydrogen) atoms. The predicted molar refractivity (Wildman–Crippen MR) is 147 cm³/mol. The lowest BCUT2D eigenvalue weighted by Gasteiger charge is -2.19. The van der Waals surface area contributed by atoms with E-state index in [-0.39, 0.29) is 31.3 Å². The molecule has 0 aliphatic rings. The van der Waals surface area contributed by atoms with Gasteiger partial charge in [-0.3, -0.25) is 4.79 Å². The minimum absolute atomic E-state index is 0.0591. The van der Waals surface area contributed by atoms with Crippen LogP contribution in [-0.4, -0.2) is 51.0 Å². The molecule has 0 aliphatic heterocycles. The lowest BCUT2D eigenvalue weighted by molar-refractivity contribution is 0.0930. The molecule has 3 N–H and O–H groups in total. The molecule has 0 bridgehead atoms. The molecule has 0 radical (unpaired) electrons. The number of carbonyl (C=O) groups is 1. The fraction of sp³-hybridized carbons (Fsp3) is 0.433. The normalized spacial score (nSPS) is 11.8. The lowest BCUT2D eigenvalue weighted by Crippen LogP contribution is -2.37. The van der Waals surface area contributed by atoms with Gasteiger partial charge >= 0.3 is 0 Å². The van der Waals surface area contributed by atoms with E-state index in [0.717, 1.165) is 41.9 Å². The van der Waals surface area contributed by atoms with E-state index in [1.807, 2.05) is 48.9 Å². The fourth-order valence-corrected chi connectivity index (χ4v) is 4.29. The maximum Gasteiger partial charge on any atom is 0.251 e. The number of rotatable bonds is 14. The quantitative estimate of drug-likeness (QED) is 0.293. The summed E-state index contributed by atoms with van der Waals surface area (Å²) < 4.78 is 7.66. The zero-order valence-corrected chi connectivity index (χ0v) is 22.5. The molecule has 0 saturated carbocycles. The first-order valence-corrected chi connectivity index (χ1v) is 13.3. The van der Waals surface area contributed by atoms with Crippen molar-refractivity contribution in [2.24, 2.45) is 0 Å². The highest BCUT2D eigenvalue weighted by Gasteiger charge is 2.17. The number of amides is 1. The molecule has 2 aromatic carbocycles. The number of hydrogen-bond donors (Lipinski definition) is 3. The summed E-state index contributed by atoms with van der Waals surface area (Å²) in [6.45, 7) is 6.44. The van der Waals surface area contributed by atoms with Crippen molar-refractivity contribution < 1.29 is 19.7 Å². The van der Waals surface area contributed by atoms with Crippen LogP contribution in [0.2, 0.25) is 0 Å². The van der Waals surface area contributed by atoms with Crippen LogP contribution in [0.3, 0.4) is 0 Å². The number of ether oxygens (including phenoxy) is 1. The van der Waals surface area contributed by atoms with E-state index in [0.29, 0.717) is 36.3 Å². The molecule has 1 heterocycles. The fourth-order valence-electron chi connectivity index (χ4n) is 4.29. The number of unbranched alkanes of at least 4 members (excludes halogenated alkanes) is 1. The molecule has 8 nitrogen and oxygen atoms in total. The molecule has 8 heteroatoms. The number of aryl methyl sites for hydroxylation is 1. The van der Waals surface area contributed by atoms with Gasteiger partial charge in [-0.05, 0) is 56.9 Å². The van der Waals surface area contributed by atoms with Crippen LogP contribution in [0.15, 0.2) is 48.7 Å². The van der Waals surface area contributed by atoms with Crippen LogP contribution in [-0.2, 0) is 19.4 Å². The molecule has 0 saturated heterocycles. The summed E-state index contributed by atoms with van der Waals surface area (Å²) in [4.78, 5) is 17.7. The van der Waals surface area contributed by atoms with Gasteiger partial charge in [0.15, 0.2) is 0 Å². The van der Waals surface area contributed by atoms with Crippen molar-refractivity contribution >= 4 is 5.91 Å². The number of carbonyl (C=O) groups excluding carboxylic acids is 1. The monoisotopic (exact) mass is 518 g/mol. The van der Waals surface area contributed by atoms with Crippen LogP contribution in [0.4, 0.5) is 0 Å². The van der Waals surface area contributed by atoms with E-state index < -0.39 is 0 Å². The molecule has 1 atom stereocenters. The Hall–Kier alpha value is -3.67. The van der Waals surface area contributed by atoms with Gasteiger partial charge in [0, 0.05) is 42.9 Å². The molecular weight excluding hydrogens is 480 g/mol. The van der Waals surface area contributed by atoms with Gasteiger partial charge in [-0.25, -0.2) is 4.98 Å². The van der Waals surface area contributed by atoms with E-state index in [2.05, 4.69) is 18.3 Å². The number of nitrogens with one attached hydrogen (secondary N) is 1. The van der Waals surface area contributed by atoms with Gasteiger partial charge in [-0.1, -0.05) is 37.6 Å². The van der Waals surface area contributed by atoms with Gasteiger partial charge in [0.1, 0.15) is 17.6 Å². The van der Waals surface area contributed by atoms with Crippen molar-refractivity contribution in [1.82, 2.24) is 14.9 Å². The zero-order valence-electron chi connectivity index (χ0n) is 22.5. The van der Waals surface area contributed by atoms with Crippen molar-refractivity contribution in [3.63, 3.8) is 0 Å². The summed E-state index contributed by atoms with van der Waals surface area (Å²) in [5.74, 6) is 1.13. The van der Waals surface area contributed by atoms with Crippen LogP contribution >= 0.6 is 0 Å². The second kappa shape index (κ2) is 14.3. The Labute approximate surface area is 224 Å². The van der Waals surface area contributed by atoms with Crippen LogP contribution < -0.4 is 10.1 Å². The summed E-state index contributed by atoms with van der Waals surface area (Å²) in [6, 6.07) is 14.7. The summed E-state index contributed by atoms with van der Waals surface area (Å²) in [6.07, 6.45) is 5.86.